The van der Waals surface area contributed by atoms with Crippen LogP contribution < -0.4 is 0 Å². The second kappa shape index (κ2) is 7.76. The third-order valence-electron chi connectivity index (χ3n) is 4.08. The Morgan fingerprint density at radius 2 is 1.46 bits per heavy atom. The minimum absolute atomic E-state index is 0.637. The summed E-state index contributed by atoms with van der Waals surface area (Å²) in [5.41, 5.74) is 7.37. The van der Waals surface area contributed by atoms with Gasteiger partial charge in [0.15, 0.2) is 0 Å². The minimum atomic E-state index is 0.637. The molecule has 3 aromatic carbocycles. The molecule has 24 heavy (non-hydrogen) atoms. The van der Waals surface area contributed by atoms with Crippen molar-refractivity contribution in [2.24, 2.45) is 0 Å². The molecule has 0 aromatic heterocycles. The van der Waals surface area contributed by atoms with E-state index in [9.17, 15) is 0 Å². The van der Waals surface area contributed by atoms with Crippen molar-refractivity contribution in [1.29, 1.82) is 0 Å². The molecule has 0 aliphatic heterocycles. The molecule has 0 unspecified atom stereocenters. The Kier molecular flexibility index (Phi) is 5.25. The van der Waals surface area contributed by atoms with Crippen LogP contribution in [0.3, 0.4) is 0 Å². The van der Waals surface area contributed by atoms with E-state index in [4.69, 9.17) is 4.74 Å². The third kappa shape index (κ3) is 3.64. The van der Waals surface area contributed by atoms with Gasteiger partial charge in [0.2, 0.25) is 0 Å². The van der Waals surface area contributed by atoms with Crippen LogP contribution in [0.15, 0.2) is 78.9 Å². The van der Waals surface area contributed by atoms with Gasteiger partial charge in [-0.2, -0.15) is 0 Å². The van der Waals surface area contributed by atoms with Crippen LogP contribution in [0.1, 0.15) is 18.1 Å². The minimum Gasteiger partial charge on any atom is -0.380 e. The van der Waals surface area contributed by atoms with Crippen LogP contribution in [0.5, 0.6) is 0 Å². The van der Waals surface area contributed by atoms with Crippen LogP contribution in [0.25, 0.3) is 28.3 Å². The van der Waals surface area contributed by atoms with Crippen LogP contribution in [0.2, 0.25) is 0 Å². The number of hydrogen-bond donors (Lipinski definition) is 0. The molecule has 0 fully saturated rings. The Morgan fingerprint density at radius 1 is 0.792 bits per heavy atom. The average molecular weight is 314 g/mol. The van der Waals surface area contributed by atoms with Gasteiger partial charge in [-0.3, -0.25) is 0 Å². The second-order valence-electron chi connectivity index (χ2n) is 5.80. The summed E-state index contributed by atoms with van der Waals surface area (Å²) in [7, 11) is 1.73. The normalized spacial score (nSPS) is 11.1. The first-order valence-corrected chi connectivity index (χ1v) is 8.22. The van der Waals surface area contributed by atoms with Gasteiger partial charge in [-0.1, -0.05) is 78.9 Å². The van der Waals surface area contributed by atoms with Gasteiger partial charge < -0.3 is 4.74 Å². The molecule has 0 heterocycles. The molecular weight excluding hydrogens is 292 g/mol. The van der Waals surface area contributed by atoms with Crippen LogP contribution in [-0.4, -0.2) is 7.11 Å². The maximum atomic E-state index is 5.25. The third-order valence-corrected chi connectivity index (χ3v) is 4.08. The number of hydrogen-bond acceptors (Lipinski definition) is 1. The Labute approximate surface area is 144 Å². The van der Waals surface area contributed by atoms with E-state index in [1.807, 2.05) is 13.0 Å². The number of methoxy groups -OCH3 is 1. The Balaban J connectivity index is 1.96. The standard InChI is InChI=1S/C23H22O/c1-3-7-22-16-18(17-24-2)10-15-23(22)21-13-11-20(12-14-21)19-8-5-4-6-9-19/h3-16H,17H2,1-2H3/b7-3+. The summed E-state index contributed by atoms with van der Waals surface area (Å²) in [4.78, 5) is 0. The molecule has 120 valence electrons. The van der Waals surface area contributed by atoms with Gasteiger partial charge in [0.1, 0.15) is 0 Å². The molecular formula is C23H22O. The molecule has 3 rings (SSSR count). The molecule has 3 aromatic rings. The summed E-state index contributed by atoms with van der Waals surface area (Å²) in [6.45, 7) is 2.68. The van der Waals surface area contributed by atoms with Crippen molar-refractivity contribution in [2.75, 3.05) is 7.11 Å². The van der Waals surface area contributed by atoms with Gasteiger partial charge in [-0.15, -0.1) is 0 Å². The SMILES string of the molecule is C/C=C/c1cc(COC)ccc1-c1ccc(-c2ccccc2)cc1. The van der Waals surface area contributed by atoms with Crippen molar-refractivity contribution in [3.05, 3.63) is 90.0 Å². The van der Waals surface area contributed by atoms with Crippen LogP contribution in [0.4, 0.5) is 0 Å². The van der Waals surface area contributed by atoms with Crippen molar-refractivity contribution < 1.29 is 4.74 Å². The molecule has 0 aliphatic rings. The molecule has 0 bridgehead atoms. The monoisotopic (exact) mass is 314 g/mol. The fourth-order valence-corrected chi connectivity index (χ4v) is 2.92. The fourth-order valence-electron chi connectivity index (χ4n) is 2.92. The van der Waals surface area contributed by atoms with Gasteiger partial charge in [0, 0.05) is 7.11 Å². The van der Waals surface area contributed by atoms with Crippen molar-refractivity contribution in [3.8, 4) is 22.3 Å². The first-order chi connectivity index (χ1) is 11.8. The summed E-state index contributed by atoms with van der Waals surface area (Å²) in [6.07, 6.45) is 4.23. The Bertz CT molecular complexity index is 814. The second-order valence-corrected chi connectivity index (χ2v) is 5.80. The average Bonchev–Trinajstić information content (AvgIpc) is 2.64. The van der Waals surface area contributed by atoms with E-state index in [2.05, 4.69) is 78.9 Å². The molecule has 0 saturated heterocycles. The number of allylic oxidation sites excluding steroid dienone is 1. The number of benzene rings is 3. The number of rotatable bonds is 5. The first kappa shape index (κ1) is 16.2. The largest absolute Gasteiger partial charge is 0.380 e. The summed E-state index contributed by atoms with van der Waals surface area (Å²) in [5, 5.41) is 0. The van der Waals surface area contributed by atoms with E-state index in [1.54, 1.807) is 7.11 Å². The summed E-state index contributed by atoms with van der Waals surface area (Å²) < 4.78 is 5.25. The van der Waals surface area contributed by atoms with E-state index in [-0.39, 0.29) is 0 Å². The Hall–Kier alpha value is -2.64. The zero-order valence-electron chi connectivity index (χ0n) is 14.2. The van der Waals surface area contributed by atoms with Gasteiger partial charge in [-0.25, -0.2) is 0 Å². The predicted molar refractivity (Wildman–Crippen MR) is 103 cm³/mol. The summed E-state index contributed by atoms with van der Waals surface area (Å²) in [5.74, 6) is 0. The van der Waals surface area contributed by atoms with Gasteiger partial charge >= 0.3 is 0 Å². The van der Waals surface area contributed by atoms with E-state index < -0.39 is 0 Å². The highest BCUT2D eigenvalue weighted by molar-refractivity contribution is 5.77. The van der Waals surface area contributed by atoms with Gasteiger partial charge in [-0.05, 0) is 46.4 Å². The smallest absolute Gasteiger partial charge is 0.0713 e. The molecule has 0 spiro atoms. The van der Waals surface area contributed by atoms with Crippen LogP contribution in [0, 0.1) is 0 Å². The molecule has 1 nitrogen and oxygen atoms in total. The van der Waals surface area contributed by atoms with E-state index in [1.165, 1.54) is 33.4 Å². The highest BCUT2D eigenvalue weighted by atomic mass is 16.5. The lowest BCUT2D eigenvalue weighted by molar-refractivity contribution is 0.185. The van der Waals surface area contributed by atoms with Crippen molar-refractivity contribution in [2.45, 2.75) is 13.5 Å². The fraction of sp³-hybridized carbons (Fsp3) is 0.130. The van der Waals surface area contributed by atoms with E-state index >= 15 is 0 Å². The maximum absolute atomic E-state index is 5.25. The molecule has 0 amide bonds. The molecule has 0 N–H and O–H groups in total. The highest BCUT2D eigenvalue weighted by Crippen LogP contribution is 2.29. The van der Waals surface area contributed by atoms with Crippen LogP contribution >= 0.6 is 0 Å². The first-order valence-electron chi connectivity index (χ1n) is 8.22. The highest BCUT2D eigenvalue weighted by Gasteiger charge is 2.05. The zero-order chi connectivity index (χ0) is 16.8. The van der Waals surface area contributed by atoms with Gasteiger partial charge in [0.05, 0.1) is 6.61 Å². The van der Waals surface area contributed by atoms with Gasteiger partial charge in [0.25, 0.3) is 0 Å². The summed E-state index contributed by atoms with van der Waals surface area (Å²) in [6, 6.07) is 25.7. The van der Waals surface area contributed by atoms with E-state index in [0.29, 0.717) is 6.61 Å². The molecule has 0 saturated carbocycles. The molecule has 1 heteroatoms. The molecule has 0 aliphatic carbocycles. The van der Waals surface area contributed by atoms with Crippen LogP contribution in [-0.2, 0) is 11.3 Å². The topological polar surface area (TPSA) is 9.23 Å². The lowest BCUT2D eigenvalue weighted by Gasteiger charge is -2.10. The number of ether oxygens (including phenoxy) is 1. The van der Waals surface area contributed by atoms with Crippen molar-refractivity contribution in [1.82, 2.24) is 0 Å². The summed E-state index contributed by atoms with van der Waals surface area (Å²) >= 11 is 0. The Morgan fingerprint density at radius 3 is 2.12 bits per heavy atom. The predicted octanol–water partition coefficient (Wildman–Crippen LogP) is 6.20. The lowest BCUT2D eigenvalue weighted by atomic mass is 9.95. The lowest BCUT2D eigenvalue weighted by Crippen LogP contribution is -1.91. The maximum Gasteiger partial charge on any atom is 0.0713 e. The zero-order valence-corrected chi connectivity index (χ0v) is 14.2. The molecule has 0 atom stereocenters. The molecule has 0 radical (unpaired) electrons. The van der Waals surface area contributed by atoms with Crippen molar-refractivity contribution >= 4 is 6.08 Å². The quantitative estimate of drug-likeness (QED) is 0.545. The van der Waals surface area contributed by atoms with E-state index in [0.717, 1.165) is 0 Å². The van der Waals surface area contributed by atoms with Crippen molar-refractivity contribution in [3.63, 3.8) is 0 Å².